The standard InChI is InChI=1S/C13H29BN2O3/c1-19-11-13-6-4-9-16(13)10-7-12(15)5-2-3-8-14(17)18/h12-13,17-18H,2-11,15H2,1H3/t12-,13-/m1/s1. The van der Waals surface area contributed by atoms with Crippen molar-refractivity contribution in [2.45, 2.75) is 56.9 Å². The molecule has 1 heterocycles. The number of likely N-dealkylation sites (tertiary alicyclic amines) is 1. The predicted octanol–water partition coefficient (Wildman–Crippen LogP) is 0.458. The van der Waals surface area contributed by atoms with Gasteiger partial charge >= 0.3 is 7.12 Å². The lowest BCUT2D eigenvalue weighted by molar-refractivity contribution is 0.113. The second-order valence-corrected chi connectivity index (χ2v) is 5.60. The average molecular weight is 272 g/mol. The summed E-state index contributed by atoms with van der Waals surface area (Å²) in [5.74, 6) is 0. The lowest BCUT2D eigenvalue weighted by atomic mass is 9.83. The molecule has 1 aliphatic heterocycles. The summed E-state index contributed by atoms with van der Waals surface area (Å²) in [5.41, 5.74) is 6.11. The van der Waals surface area contributed by atoms with Gasteiger partial charge < -0.3 is 20.5 Å². The zero-order valence-corrected chi connectivity index (χ0v) is 12.1. The fourth-order valence-corrected chi connectivity index (χ4v) is 2.78. The van der Waals surface area contributed by atoms with Crippen LogP contribution in [0.1, 0.15) is 38.5 Å². The highest BCUT2D eigenvalue weighted by atomic mass is 16.5. The molecule has 0 aliphatic carbocycles. The maximum atomic E-state index is 8.75. The molecular formula is C13H29BN2O3. The first-order chi connectivity index (χ1) is 9.13. The zero-order chi connectivity index (χ0) is 14.1. The molecule has 1 saturated heterocycles. The van der Waals surface area contributed by atoms with E-state index >= 15 is 0 Å². The fraction of sp³-hybridized carbons (Fsp3) is 1.00. The first-order valence-electron chi connectivity index (χ1n) is 7.48. The summed E-state index contributed by atoms with van der Waals surface area (Å²) in [4.78, 5) is 2.49. The fourth-order valence-electron chi connectivity index (χ4n) is 2.78. The second-order valence-electron chi connectivity index (χ2n) is 5.60. The van der Waals surface area contributed by atoms with Crippen LogP contribution in [0.4, 0.5) is 0 Å². The van der Waals surface area contributed by atoms with Crippen LogP contribution >= 0.6 is 0 Å². The largest absolute Gasteiger partial charge is 0.451 e. The van der Waals surface area contributed by atoms with E-state index in [4.69, 9.17) is 20.5 Å². The van der Waals surface area contributed by atoms with Gasteiger partial charge in [0, 0.05) is 19.2 Å². The molecule has 0 aromatic heterocycles. The Balaban J connectivity index is 2.07. The summed E-state index contributed by atoms with van der Waals surface area (Å²) in [6, 6.07) is 0.793. The minimum Gasteiger partial charge on any atom is -0.427 e. The van der Waals surface area contributed by atoms with Gasteiger partial charge in [-0.3, -0.25) is 4.90 Å². The molecule has 0 aromatic carbocycles. The summed E-state index contributed by atoms with van der Waals surface area (Å²) < 4.78 is 5.24. The molecule has 0 aromatic rings. The van der Waals surface area contributed by atoms with Crippen LogP contribution in [0.15, 0.2) is 0 Å². The Morgan fingerprint density at radius 2 is 2.16 bits per heavy atom. The van der Waals surface area contributed by atoms with Gasteiger partial charge in [-0.2, -0.15) is 0 Å². The molecule has 0 unspecified atom stereocenters. The molecule has 0 radical (unpaired) electrons. The lowest BCUT2D eigenvalue weighted by Gasteiger charge is -2.25. The zero-order valence-electron chi connectivity index (χ0n) is 12.1. The van der Waals surface area contributed by atoms with Gasteiger partial charge in [0.1, 0.15) is 0 Å². The molecule has 1 fully saturated rings. The lowest BCUT2D eigenvalue weighted by Crippen LogP contribution is -2.36. The molecular weight excluding hydrogens is 243 g/mol. The minimum absolute atomic E-state index is 0.222. The molecule has 2 atom stereocenters. The molecule has 0 bridgehead atoms. The van der Waals surface area contributed by atoms with Crippen molar-refractivity contribution in [2.75, 3.05) is 26.8 Å². The molecule has 1 aliphatic rings. The summed E-state index contributed by atoms with van der Waals surface area (Å²) in [5, 5.41) is 17.5. The number of ether oxygens (including phenoxy) is 1. The predicted molar refractivity (Wildman–Crippen MR) is 77.9 cm³/mol. The van der Waals surface area contributed by atoms with Crippen molar-refractivity contribution in [3.8, 4) is 0 Å². The number of rotatable bonds is 10. The van der Waals surface area contributed by atoms with E-state index in [-0.39, 0.29) is 6.04 Å². The molecule has 19 heavy (non-hydrogen) atoms. The highest BCUT2D eigenvalue weighted by molar-refractivity contribution is 6.40. The summed E-state index contributed by atoms with van der Waals surface area (Å²) in [7, 11) is 0.591. The van der Waals surface area contributed by atoms with Crippen LogP contribution in [-0.2, 0) is 4.74 Å². The maximum Gasteiger partial charge on any atom is 0.451 e. The van der Waals surface area contributed by atoms with E-state index < -0.39 is 7.12 Å². The van der Waals surface area contributed by atoms with Gasteiger partial charge in [0.2, 0.25) is 0 Å². The Bertz CT molecular complexity index is 232. The molecule has 6 heteroatoms. The number of unbranched alkanes of at least 4 members (excludes halogenated alkanes) is 1. The van der Waals surface area contributed by atoms with Crippen LogP contribution in [0.3, 0.4) is 0 Å². The summed E-state index contributed by atoms with van der Waals surface area (Å²) in [6.45, 7) is 3.04. The third kappa shape index (κ3) is 7.27. The molecule has 0 spiro atoms. The third-order valence-electron chi connectivity index (χ3n) is 3.93. The van der Waals surface area contributed by atoms with Gasteiger partial charge in [-0.15, -0.1) is 0 Å². The normalized spacial score (nSPS) is 21.8. The van der Waals surface area contributed by atoms with Crippen LogP contribution in [0.2, 0.25) is 6.32 Å². The van der Waals surface area contributed by atoms with E-state index in [9.17, 15) is 0 Å². The van der Waals surface area contributed by atoms with Crippen molar-refractivity contribution < 1.29 is 14.8 Å². The van der Waals surface area contributed by atoms with E-state index in [1.165, 1.54) is 12.8 Å². The van der Waals surface area contributed by atoms with Gasteiger partial charge in [0.15, 0.2) is 0 Å². The van der Waals surface area contributed by atoms with Crippen molar-refractivity contribution in [1.29, 1.82) is 0 Å². The maximum absolute atomic E-state index is 8.75. The van der Waals surface area contributed by atoms with Crippen molar-refractivity contribution in [1.82, 2.24) is 4.90 Å². The molecule has 1 rings (SSSR count). The molecule has 5 nitrogen and oxygen atoms in total. The highest BCUT2D eigenvalue weighted by Crippen LogP contribution is 2.18. The number of hydrogen-bond donors (Lipinski definition) is 3. The van der Waals surface area contributed by atoms with Gasteiger partial charge in [-0.05, 0) is 45.1 Å². The van der Waals surface area contributed by atoms with Crippen LogP contribution in [0, 0.1) is 0 Å². The topological polar surface area (TPSA) is 79.0 Å². The van der Waals surface area contributed by atoms with Crippen molar-refractivity contribution in [3.63, 3.8) is 0 Å². The third-order valence-corrected chi connectivity index (χ3v) is 3.93. The summed E-state index contributed by atoms with van der Waals surface area (Å²) in [6.07, 6.45) is 6.74. The van der Waals surface area contributed by atoms with E-state index in [1.807, 2.05) is 0 Å². The van der Waals surface area contributed by atoms with Crippen molar-refractivity contribution in [2.24, 2.45) is 5.73 Å². The van der Waals surface area contributed by atoms with Gasteiger partial charge in [-0.25, -0.2) is 0 Å². The number of methoxy groups -OCH3 is 1. The van der Waals surface area contributed by atoms with Crippen LogP contribution < -0.4 is 5.73 Å². The Morgan fingerprint density at radius 1 is 1.37 bits per heavy atom. The number of nitrogens with two attached hydrogens (primary N) is 1. The average Bonchev–Trinajstić information content (AvgIpc) is 2.80. The van der Waals surface area contributed by atoms with Gasteiger partial charge in [0.05, 0.1) is 6.61 Å². The Morgan fingerprint density at radius 3 is 2.84 bits per heavy atom. The minimum atomic E-state index is -1.17. The van der Waals surface area contributed by atoms with Gasteiger partial charge in [0.25, 0.3) is 0 Å². The number of hydrogen-bond acceptors (Lipinski definition) is 5. The monoisotopic (exact) mass is 272 g/mol. The first kappa shape index (κ1) is 16.9. The van der Waals surface area contributed by atoms with Crippen LogP contribution in [-0.4, -0.2) is 61.0 Å². The van der Waals surface area contributed by atoms with Crippen LogP contribution in [0.25, 0.3) is 0 Å². The van der Waals surface area contributed by atoms with Crippen molar-refractivity contribution in [3.05, 3.63) is 0 Å². The highest BCUT2D eigenvalue weighted by Gasteiger charge is 2.24. The number of nitrogens with zero attached hydrogens (tertiary/aromatic N) is 1. The first-order valence-corrected chi connectivity index (χ1v) is 7.48. The quantitative estimate of drug-likeness (QED) is 0.398. The van der Waals surface area contributed by atoms with E-state index in [1.54, 1.807) is 7.11 Å². The Kier molecular flexibility index (Phi) is 8.65. The van der Waals surface area contributed by atoms with Crippen LogP contribution in [0.5, 0.6) is 0 Å². The Hall–Kier alpha value is -0.135. The SMILES string of the molecule is COC[C@H]1CCCN1CC[C@H](N)CCCCB(O)O. The van der Waals surface area contributed by atoms with Gasteiger partial charge in [-0.1, -0.05) is 12.8 Å². The second kappa shape index (κ2) is 9.72. The Labute approximate surface area is 117 Å². The smallest absolute Gasteiger partial charge is 0.427 e. The van der Waals surface area contributed by atoms with E-state index in [0.29, 0.717) is 12.4 Å². The molecule has 0 saturated carbocycles. The molecule has 4 N–H and O–H groups in total. The molecule has 0 amide bonds. The summed E-state index contributed by atoms with van der Waals surface area (Å²) >= 11 is 0. The van der Waals surface area contributed by atoms with E-state index in [0.717, 1.165) is 45.4 Å². The molecule has 112 valence electrons. The van der Waals surface area contributed by atoms with Crippen molar-refractivity contribution >= 4 is 7.12 Å². The van der Waals surface area contributed by atoms with E-state index in [2.05, 4.69) is 4.90 Å².